The summed E-state index contributed by atoms with van der Waals surface area (Å²) >= 11 is 0. The number of rotatable bonds is 11. The zero-order valence-electron chi connectivity index (χ0n) is 24.0. The van der Waals surface area contributed by atoms with Crippen molar-refractivity contribution in [3.63, 3.8) is 0 Å². The van der Waals surface area contributed by atoms with E-state index in [1.54, 1.807) is 14.2 Å². The summed E-state index contributed by atoms with van der Waals surface area (Å²) in [7, 11) is -1.25. The zero-order valence-corrected chi connectivity index (χ0v) is 24.9. The van der Waals surface area contributed by atoms with E-state index in [2.05, 4.69) is 4.98 Å². The molecule has 0 amide bonds. The first-order valence-electron chi connectivity index (χ1n) is 13.6. The lowest BCUT2D eigenvalue weighted by molar-refractivity contribution is -0.0918. The van der Waals surface area contributed by atoms with Crippen LogP contribution in [-0.2, 0) is 24.2 Å². The number of nitrogens with two attached hydrogens (primary N) is 1. The highest BCUT2D eigenvalue weighted by molar-refractivity contribution is 7.52. The topological polar surface area (TPSA) is 124 Å². The third-order valence-electron chi connectivity index (χ3n) is 7.30. The molecule has 12 heteroatoms. The van der Waals surface area contributed by atoms with Crippen molar-refractivity contribution in [1.29, 1.82) is 0 Å². The third-order valence-corrected chi connectivity index (χ3v) is 7.95. The van der Waals surface area contributed by atoms with Crippen molar-refractivity contribution in [2.75, 3.05) is 33.2 Å². The van der Waals surface area contributed by atoms with Gasteiger partial charge in [-0.05, 0) is 47.0 Å². The summed E-state index contributed by atoms with van der Waals surface area (Å²) < 4.78 is 57.0. The molecule has 1 unspecified atom stereocenters. The molecule has 5 rings (SSSR count). The molecule has 0 bridgehead atoms. The molecule has 0 aliphatic carbocycles. The summed E-state index contributed by atoms with van der Waals surface area (Å²) in [5.41, 5.74) is 6.20. The first-order chi connectivity index (χ1) is 20.6. The Morgan fingerprint density at radius 2 is 1.51 bits per heavy atom. The molecule has 2 N–H and O–H groups in total. The van der Waals surface area contributed by atoms with Gasteiger partial charge in [-0.1, -0.05) is 54.6 Å². The van der Waals surface area contributed by atoms with Crippen molar-refractivity contribution in [3.8, 4) is 11.5 Å². The summed E-state index contributed by atoms with van der Waals surface area (Å²) in [5.74, 6) is 1.39. The lowest BCUT2D eigenvalue weighted by atomic mass is 9.80. The fourth-order valence-electron chi connectivity index (χ4n) is 5.30. The molecule has 2 heterocycles. The summed E-state index contributed by atoms with van der Waals surface area (Å²) in [4.78, 5) is 16.3. The van der Waals surface area contributed by atoms with Crippen LogP contribution in [0.15, 0.2) is 95.9 Å². The zero-order chi connectivity index (χ0) is 30.6. The molecule has 0 radical (unpaired) electrons. The van der Waals surface area contributed by atoms with Gasteiger partial charge in [0.1, 0.15) is 41.4 Å². The first kappa shape index (κ1) is 30.4. The maximum atomic E-state index is 14.4. The minimum atomic E-state index is -4.43. The maximum Gasteiger partial charge on any atom is 0.364 e. The van der Waals surface area contributed by atoms with E-state index >= 15 is 0 Å². The number of anilines is 1. The van der Waals surface area contributed by atoms with Crippen LogP contribution < -0.4 is 20.9 Å². The van der Waals surface area contributed by atoms with Gasteiger partial charge in [-0.3, -0.25) is 13.7 Å². The number of benzene rings is 3. The molecule has 43 heavy (non-hydrogen) atoms. The predicted octanol–water partition coefficient (Wildman–Crippen LogP) is 5.32. The molecule has 1 aliphatic heterocycles. The van der Waals surface area contributed by atoms with Crippen molar-refractivity contribution < 1.29 is 32.2 Å². The van der Waals surface area contributed by atoms with Gasteiger partial charge in [0.25, 0.3) is 0 Å². The van der Waals surface area contributed by atoms with Gasteiger partial charge in [0.05, 0.1) is 20.8 Å². The summed E-state index contributed by atoms with van der Waals surface area (Å²) in [6.45, 7) is 0.767. The number of ether oxygens (including phenoxy) is 4. The SMILES string of the molecule is COc1ccc(C(OC[C@H]2O[C@@H](n3ccc(N)nc3=O)C[C@@H]2OP(C)(=O)F)(c2ccccc2)c2ccc(OC)cc2)cc1. The number of halogens is 1. The Hall–Kier alpha value is -4.02. The number of nitrogens with zero attached hydrogens (tertiary/aromatic N) is 2. The molecule has 1 aromatic heterocycles. The van der Waals surface area contributed by atoms with Gasteiger partial charge in [0, 0.05) is 19.3 Å². The Kier molecular flexibility index (Phi) is 8.98. The van der Waals surface area contributed by atoms with Crippen LogP contribution in [0.3, 0.4) is 0 Å². The van der Waals surface area contributed by atoms with Crippen LogP contribution in [0.1, 0.15) is 29.3 Å². The average molecular weight is 610 g/mol. The molecule has 3 aromatic carbocycles. The van der Waals surface area contributed by atoms with E-state index in [1.165, 1.54) is 16.8 Å². The van der Waals surface area contributed by atoms with Gasteiger partial charge >= 0.3 is 13.4 Å². The first-order valence-corrected chi connectivity index (χ1v) is 15.5. The van der Waals surface area contributed by atoms with Crippen molar-refractivity contribution >= 4 is 13.5 Å². The molecule has 0 spiro atoms. The highest BCUT2D eigenvalue weighted by Crippen LogP contribution is 2.49. The monoisotopic (exact) mass is 609 g/mol. The molecule has 4 atom stereocenters. The number of methoxy groups -OCH3 is 2. The van der Waals surface area contributed by atoms with Crippen molar-refractivity contribution in [2.45, 2.75) is 30.5 Å². The van der Waals surface area contributed by atoms with Crippen molar-refractivity contribution in [1.82, 2.24) is 9.55 Å². The Morgan fingerprint density at radius 1 is 0.953 bits per heavy atom. The molecule has 0 saturated carbocycles. The molecule has 226 valence electrons. The van der Waals surface area contributed by atoms with Crippen molar-refractivity contribution in [2.24, 2.45) is 0 Å². The van der Waals surface area contributed by atoms with Gasteiger partial charge in [-0.15, -0.1) is 0 Å². The van der Waals surface area contributed by atoms with Gasteiger partial charge in [-0.25, -0.2) is 4.79 Å². The van der Waals surface area contributed by atoms with E-state index in [0.717, 1.165) is 23.4 Å². The molecule has 1 fully saturated rings. The van der Waals surface area contributed by atoms with Crippen LogP contribution in [0, 0.1) is 0 Å². The number of hydrogen-bond acceptors (Lipinski definition) is 9. The Balaban J connectivity index is 1.58. The second kappa shape index (κ2) is 12.7. The van der Waals surface area contributed by atoms with Gasteiger partial charge < -0.3 is 24.7 Å². The van der Waals surface area contributed by atoms with Gasteiger partial charge in [-0.2, -0.15) is 9.18 Å². The minimum Gasteiger partial charge on any atom is -0.497 e. The Labute approximate surface area is 248 Å². The van der Waals surface area contributed by atoms with E-state index in [9.17, 15) is 13.6 Å². The Bertz CT molecular complexity index is 1580. The fraction of sp³-hybridized carbons (Fsp3) is 0.290. The number of hydrogen-bond donors (Lipinski definition) is 1. The second-order valence-corrected chi connectivity index (χ2v) is 11.8. The molecule has 1 saturated heterocycles. The highest BCUT2D eigenvalue weighted by Gasteiger charge is 2.44. The smallest absolute Gasteiger partial charge is 0.364 e. The third kappa shape index (κ3) is 6.65. The van der Waals surface area contributed by atoms with E-state index in [1.807, 2.05) is 78.9 Å². The quantitative estimate of drug-likeness (QED) is 0.178. The van der Waals surface area contributed by atoms with Crippen LogP contribution >= 0.6 is 7.68 Å². The van der Waals surface area contributed by atoms with Crippen LogP contribution in [0.4, 0.5) is 10.0 Å². The predicted molar refractivity (Wildman–Crippen MR) is 159 cm³/mol. The van der Waals surface area contributed by atoms with Crippen LogP contribution in [0.2, 0.25) is 0 Å². The molecule has 4 aromatic rings. The minimum absolute atomic E-state index is 0.0324. The maximum absolute atomic E-state index is 14.4. The Morgan fingerprint density at radius 3 is 2.02 bits per heavy atom. The number of nitrogen functional groups attached to an aromatic ring is 1. The van der Waals surface area contributed by atoms with E-state index in [4.69, 9.17) is 29.2 Å². The van der Waals surface area contributed by atoms with Crippen LogP contribution in [0.5, 0.6) is 11.5 Å². The largest absolute Gasteiger partial charge is 0.497 e. The molecule has 10 nitrogen and oxygen atoms in total. The van der Waals surface area contributed by atoms with E-state index in [-0.39, 0.29) is 18.8 Å². The van der Waals surface area contributed by atoms with Crippen molar-refractivity contribution in [3.05, 3.63) is 118 Å². The van der Waals surface area contributed by atoms with Gasteiger partial charge in [0.2, 0.25) is 0 Å². The number of aromatic nitrogens is 2. The van der Waals surface area contributed by atoms with E-state index in [0.29, 0.717) is 11.5 Å². The molecular weight excluding hydrogens is 576 g/mol. The normalized spacial score (nSPS) is 20.0. The van der Waals surface area contributed by atoms with Crippen LogP contribution in [0.25, 0.3) is 0 Å². The molecular formula is C31H33FN3O7P. The second-order valence-electron chi connectivity index (χ2n) is 10.1. The lowest BCUT2D eigenvalue weighted by Gasteiger charge is -2.37. The standard InChI is InChI=1S/C31H33FN3O7P/c1-38-24-13-9-22(10-14-24)31(21-7-5-4-6-8-21,23-11-15-25(39-2)16-12-23)40-20-27-26(42-43(3,32)37)19-29(41-27)35-18-17-28(33)34-30(35)36/h4-18,26-27,29H,19-20H2,1-3H3,(H2,33,34,36)/t26-,27+,29+,43?/m0/s1. The summed E-state index contributed by atoms with van der Waals surface area (Å²) in [6.07, 6.45) is -1.29. The molecule has 1 aliphatic rings. The average Bonchev–Trinajstić information content (AvgIpc) is 3.39. The summed E-state index contributed by atoms with van der Waals surface area (Å²) in [6, 6.07) is 26.1. The van der Waals surface area contributed by atoms with E-state index < -0.39 is 37.4 Å². The fourth-order valence-corrected chi connectivity index (χ4v) is 6.01. The highest BCUT2D eigenvalue weighted by atomic mass is 31.2. The summed E-state index contributed by atoms with van der Waals surface area (Å²) in [5, 5.41) is 0. The van der Waals surface area contributed by atoms with Crippen LogP contribution in [-0.4, -0.2) is 49.3 Å². The van der Waals surface area contributed by atoms with Gasteiger partial charge in [0.15, 0.2) is 0 Å². The lowest BCUT2D eigenvalue weighted by Crippen LogP contribution is -2.38.